The summed E-state index contributed by atoms with van der Waals surface area (Å²) in [7, 11) is 0. The molecule has 2 nitrogen and oxygen atoms in total. The van der Waals surface area contributed by atoms with Crippen LogP contribution in [0.4, 0.5) is 5.69 Å². The number of rotatable bonds is 1. The number of hydrogen-bond acceptors (Lipinski definition) is 1. The molecule has 1 aliphatic rings. The first-order valence-corrected chi connectivity index (χ1v) is 7.26. The molecule has 1 fully saturated rings. The Kier molecular flexibility index (Phi) is 3.72. The lowest BCUT2D eigenvalue weighted by molar-refractivity contribution is -0.117. The Hall–Kier alpha value is 0.380. The zero-order valence-corrected chi connectivity index (χ0v) is 13.0. The first-order valence-electron chi connectivity index (χ1n) is 4.47. The van der Waals surface area contributed by atoms with Crippen molar-refractivity contribution in [3.8, 4) is 0 Å². The number of halogens is 3. The lowest BCUT2D eigenvalue weighted by atomic mass is 10.3. The fraction of sp³-hybridized carbons (Fsp3) is 0.300. The zero-order chi connectivity index (χ0) is 11.0. The number of alkyl halides is 1. The molecular weight excluding hydrogens is 437 g/mol. The number of amides is 1. The molecule has 80 valence electrons. The van der Waals surface area contributed by atoms with E-state index in [9.17, 15) is 4.79 Å². The molecule has 2 rings (SSSR count). The van der Waals surface area contributed by atoms with Gasteiger partial charge in [0.15, 0.2) is 0 Å². The normalized spacial score (nSPS) is 21.1. The van der Waals surface area contributed by atoms with Crippen LogP contribution in [-0.4, -0.2) is 17.3 Å². The van der Waals surface area contributed by atoms with Crippen molar-refractivity contribution in [1.82, 2.24) is 0 Å². The topological polar surface area (TPSA) is 20.3 Å². The van der Waals surface area contributed by atoms with Gasteiger partial charge in [0.1, 0.15) is 0 Å². The Balaban J connectivity index is 2.34. The number of carbonyl (C=O) groups is 1. The Morgan fingerprint density at radius 1 is 1.47 bits per heavy atom. The van der Waals surface area contributed by atoms with Crippen LogP contribution in [0.2, 0.25) is 0 Å². The highest BCUT2D eigenvalue weighted by atomic mass is 127. The zero-order valence-electron chi connectivity index (χ0n) is 7.71. The van der Waals surface area contributed by atoms with E-state index in [0.717, 1.165) is 20.3 Å². The molecule has 0 N–H and O–H groups in total. The van der Waals surface area contributed by atoms with Crippen LogP contribution in [0.1, 0.15) is 6.42 Å². The summed E-state index contributed by atoms with van der Waals surface area (Å²) in [6.45, 7) is 0.748. The lowest BCUT2D eigenvalue weighted by Crippen LogP contribution is -2.24. The molecule has 1 aliphatic heterocycles. The molecule has 1 unspecified atom stereocenters. The van der Waals surface area contributed by atoms with Crippen LogP contribution in [-0.2, 0) is 4.79 Å². The van der Waals surface area contributed by atoms with Gasteiger partial charge in [-0.3, -0.25) is 4.79 Å². The highest BCUT2D eigenvalue weighted by Crippen LogP contribution is 2.32. The summed E-state index contributed by atoms with van der Waals surface area (Å²) >= 11 is 9.22. The average Bonchev–Trinajstić information content (AvgIpc) is 2.45. The van der Waals surface area contributed by atoms with Crippen molar-refractivity contribution in [2.24, 2.45) is 0 Å². The molecule has 5 heteroatoms. The minimum atomic E-state index is 0.179. The minimum absolute atomic E-state index is 0.179. The third-order valence-corrected chi connectivity index (χ3v) is 4.20. The largest absolute Gasteiger partial charge is 0.310 e. The monoisotopic (exact) mass is 443 g/mol. The van der Waals surface area contributed by atoms with Crippen molar-refractivity contribution < 1.29 is 4.79 Å². The van der Waals surface area contributed by atoms with Crippen molar-refractivity contribution in [3.63, 3.8) is 0 Å². The average molecular weight is 445 g/mol. The van der Waals surface area contributed by atoms with E-state index >= 15 is 0 Å². The standard InChI is InChI=1S/C10H8Br2INO/c11-6-3-10(15)14(5-6)9-2-1-7(13)4-8(9)12/h1-2,4,6H,3,5H2. The second kappa shape index (κ2) is 4.71. The Morgan fingerprint density at radius 2 is 2.20 bits per heavy atom. The molecule has 0 saturated carbocycles. The van der Waals surface area contributed by atoms with Gasteiger partial charge in [0.25, 0.3) is 0 Å². The van der Waals surface area contributed by atoms with Gasteiger partial charge < -0.3 is 4.90 Å². The summed E-state index contributed by atoms with van der Waals surface area (Å²) in [6.07, 6.45) is 0.582. The van der Waals surface area contributed by atoms with Crippen molar-refractivity contribution >= 4 is 66.0 Å². The summed E-state index contributed by atoms with van der Waals surface area (Å²) < 4.78 is 2.13. The highest BCUT2D eigenvalue weighted by Gasteiger charge is 2.29. The van der Waals surface area contributed by atoms with E-state index in [1.165, 1.54) is 0 Å². The predicted molar refractivity (Wildman–Crippen MR) is 76.5 cm³/mol. The third-order valence-electron chi connectivity index (χ3n) is 2.28. The van der Waals surface area contributed by atoms with Crippen LogP contribution in [0.5, 0.6) is 0 Å². The predicted octanol–water partition coefficient (Wildman–Crippen LogP) is 3.55. The molecule has 1 saturated heterocycles. The van der Waals surface area contributed by atoms with Gasteiger partial charge in [-0.2, -0.15) is 0 Å². The smallest absolute Gasteiger partial charge is 0.228 e. The maximum absolute atomic E-state index is 11.7. The molecule has 0 spiro atoms. The van der Waals surface area contributed by atoms with E-state index in [2.05, 4.69) is 54.5 Å². The van der Waals surface area contributed by atoms with E-state index in [4.69, 9.17) is 0 Å². The van der Waals surface area contributed by atoms with Crippen LogP contribution in [0.25, 0.3) is 0 Å². The minimum Gasteiger partial charge on any atom is -0.310 e. The van der Waals surface area contributed by atoms with Gasteiger partial charge in [-0.05, 0) is 56.7 Å². The molecule has 0 aromatic heterocycles. The quantitative estimate of drug-likeness (QED) is 0.479. The first kappa shape index (κ1) is 11.9. The molecule has 1 aromatic rings. The number of anilines is 1. The molecule has 0 bridgehead atoms. The van der Waals surface area contributed by atoms with Gasteiger partial charge in [-0.25, -0.2) is 0 Å². The molecule has 1 atom stereocenters. The number of benzene rings is 1. The van der Waals surface area contributed by atoms with Crippen LogP contribution >= 0.6 is 54.5 Å². The van der Waals surface area contributed by atoms with Crippen LogP contribution < -0.4 is 4.90 Å². The second-order valence-electron chi connectivity index (χ2n) is 3.40. The number of carbonyl (C=O) groups excluding carboxylic acids is 1. The van der Waals surface area contributed by atoms with Gasteiger partial charge in [0, 0.05) is 25.8 Å². The van der Waals surface area contributed by atoms with E-state index < -0.39 is 0 Å². The summed E-state index contributed by atoms with van der Waals surface area (Å²) in [4.78, 5) is 13.8. The van der Waals surface area contributed by atoms with Crippen LogP contribution in [0.3, 0.4) is 0 Å². The van der Waals surface area contributed by atoms with Gasteiger partial charge >= 0.3 is 0 Å². The maximum atomic E-state index is 11.7. The van der Waals surface area contributed by atoms with Gasteiger partial charge in [0.05, 0.1) is 5.69 Å². The summed E-state index contributed by atoms with van der Waals surface area (Å²) in [6, 6.07) is 6.01. The van der Waals surface area contributed by atoms with E-state index in [0.29, 0.717) is 6.42 Å². The fourth-order valence-electron chi connectivity index (χ4n) is 1.60. The van der Waals surface area contributed by atoms with Crippen molar-refractivity contribution in [1.29, 1.82) is 0 Å². The lowest BCUT2D eigenvalue weighted by Gasteiger charge is -2.17. The molecule has 1 heterocycles. The van der Waals surface area contributed by atoms with Crippen molar-refractivity contribution in [2.45, 2.75) is 11.2 Å². The van der Waals surface area contributed by atoms with Gasteiger partial charge in [-0.1, -0.05) is 15.9 Å². The number of nitrogens with zero attached hydrogens (tertiary/aromatic N) is 1. The Morgan fingerprint density at radius 3 is 2.73 bits per heavy atom. The summed E-state index contributed by atoms with van der Waals surface area (Å²) in [5.74, 6) is 0.179. The molecule has 15 heavy (non-hydrogen) atoms. The van der Waals surface area contributed by atoms with Crippen LogP contribution in [0.15, 0.2) is 22.7 Å². The van der Waals surface area contributed by atoms with E-state index in [-0.39, 0.29) is 10.7 Å². The molecule has 1 amide bonds. The highest BCUT2D eigenvalue weighted by molar-refractivity contribution is 14.1. The third kappa shape index (κ3) is 2.55. The SMILES string of the molecule is O=C1CC(Br)CN1c1ccc(I)cc1Br. The Bertz CT molecular complexity index is 410. The molecular formula is C10H8Br2INO. The van der Waals surface area contributed by atoms with Gasteiger partial charge in [-0.15, -0.1) is 0 Å². The molecule has 0 aliphatic carbocycles. The molecule has 1 aromatic carbocycles. The fourth-order valence-corrected chi connectivity index (χ4v) is 3.68. The van der Waals surface area contributed by atoms with E-state index in [1.807, 2.05) is 23.1 Å². The van der Waals surface area contributed by atoms with Crippen molar-refractivity contribution in [2.75, 3.05) is 11.4 Å². The summed E-state index contributed by atoms with van der Waals surface area (Å²) in [5.41, 5.74) is 0.961. The second-order valence-corrected chi connectivity index (χ2v) is 6.80. The van der Waals surface area contributed by atoms with Crippen molar-refractivity contribution in [3.05, 3.63) is 26.2 Å². The maximum Gasteiger partial charge on any atom is 0.228 e. The van der Waals surface area contributed by atoms with E-state index in [1.54, 1.807) is 0 Å². The number of hydrogen-bond donors (Lipinski definition) is 0. The van der Waals surface area contributed by atoms with Crippen LogP contribution in [0, 0.1) is 3.57 Å². The molecule has 0 radical (unpaired) electrons. The Labute approximate surface area is 119 Å². The summed E-state index contributed by atoms with van der Waals surface area (Å²) in [5, 5.41) is 0. The van der Waals surface area contributed by atoms with Gasteiger partial charge in [0.2, 0.25) is 5.91 Å². The first-order chi connectivity index (χ1) is 7.08.